The van der Waals surface area contributed by atoms with Gasteiger partial charge >= 0.3 is 26.2 Å². The van der Waals surface area contributed by atoms with Gasteiger partial charge in [0.15, 0.2) is 0 Å². The number of allylic oxidation sites excluding steroid dienone is 5. The van der Waals surface area contributed by atoms with Crippen molar-refractivity contribution < 1.29 is 51.0 Å². The van der Waals surface area contributed by atoms with E-state index in [1.807, 2.05) is 0 Å². The minimum absolute atomic E-state index is 0. The molecule has 4 aromatic carbocycles. The average molecular weight is 522 g/mol. The van der Waals surface area contributed by atoms with Gasteiger partial charge in [-0.25, -0.2) is 0 Å². The van der Waals surface area contributed by atoms with E-state index in [9.17, 15) is 0 Å². The first-order valence-electron chi connectivity index (χ1n) is 9.91. The Kier molecular flexibility index (Phi) is 8.78. The molecule has 0 spiro atoms. The van der Waals surface area contributed by atoms with E-state index in [2.05, 4.69) is 111 Å². The van der Waals surface area contributed by atoms with E-state index < -0.39 is 0 Å². The van der Waals surface area contributed by atoms with E-state index in [0.29, 0.717) is 5.92 Å². The van der Waals surface area contributed by atoms with Crippen LogP contribution in [0.15, 0.2) is 96.6 Å². The predicted molar refractivity (Wildman–Crippen MR) is 123 cm³/mol. The van der Waals surface area contributed by atoms with E-state index >= 15 is 0 Å². The Balaban J connectivity index is 0.00000114. The van der Waals surface area contributed by atoms with Gasteiger partial charge in [-0.1, -0.05) is 96.1 Å². The molecular weight excluding hydrogens is 498 g/mol. The molecule has 0 saturated carbocycles. The minimum atomic E-state index is 0. The second-order valence-corrected chi connectivity index (χ2v) is 7.87. The van der Waals surface area contributed by atoms with Crippen LogP contribution in [0.4, 0.5) is 0 Å². The number of halogens is 2. The van der Waals surface area contributed by atoms with Crippen LogP contribution in [-0.4, -0.2) is 0 Å². The van der Waals surface area contributed by atoms with Crippen molar-refractivity contribution in [3.05, 3.63) is 113 Å². The van der Waals surface area contributed by atoms with Gasteiger partial charge < -0.3 is 24.8 Å². The van der Waals surface area contributed by atoms with Gasteiger partial charge in [0.05, 0.1) is 0 Å². The second kappa shape index (κ2) is 10.7. The maximum absolute atomic E-state index is 2.35. The molecule has 1 atom stereocenters. The van der Waals surface area contributed by atoms with E-state index in [4.69, 9.17) is 0 Å². The zero-order valence-corrected chi connectivity index (χ0v) is 21.5. The number of benzene rings is 3. The summed E-state index contributed by atoms with van der Waals surface area (Å²) in [5.41, 5.74) is 6.65. The standard InChI is InChI=1S/C28H23.2ClH.Zr/c1-19(2)17-20-13-15-21(16-14-20)23-9-5-10-25(23)27-12-6-11-26-24-8-4-3-7-22(24)18-28(26)27;;;/h3-18,25H,1-2H3;2*1H;/q-1;;;+3/p-2. The fourth-order valence-corrected chi connectivity index (χ4v) is 4.40. The third kappa shape index (κ3) is 4.85. The zero-order chi connectivity index (χ0) is 19.1. The molecule has 0 N–H and O–H groups in total. The van der Waals surface area contributed by atoms with Gasteiger partial charge in [0.2, 0.25) is 0 Å². The normalized spacial score (nSPS) is 14.4. The first kappa shape index (κ1) is 25.5. The average Bonchev–Trinajstić information content (AvgIpc) is 3.33. The summed E-state index contributed by atoms with van der Waals surface area (Å²) in [4.78, 5) is 0. The molecule has 3 heteroatoms. The van der Waals surface area contributed by atoms with Gasteiger partial charge in [0.25, 0.3) is 0 Å². The summed E-state index contributed by atoms with van der Waals surface area (Å²) in [5.74, 6) is 0.301. The summed E-state index contributed by atoms with van der Waals surface area (Å²) in [6, 6.07) is 26.7. The van der Waals surface area contributed by atoms with Crippen molar-refractivity contribution in [2.75, 3.05) is 0 Å². The van der Waals surface area contributed by atoms with E-state index in [-0.39, 0.29) is 51.0 Å². The molecule has 0 amide bonds. The topological polar surface area (TPSA) is 0 Å². The molecule has 153 valence electrons. The summed E-state index contributed by atoms with van der Waals surface area (Å²) in [6.07, 6.45) is 9.01. The summed E-state index contributed by atoms with van der Waals surface area (Å²) < 4.78 is 0. The van der Waals surface area contributed by atoms with Gasteiger partial charge in [0.1, 0.15) is 0 Å². The van der Waals surface area contributed by atoms with Gasteiger partial charge in [-0.05, 0) is 30.5 Å². The van der Waals surface area contributed by atoms with Crippen molar-refractivity contribution in [3.8, 4) is 0 Å². The first-order valence-corrected chi connectivity index (χ1v) is 9.91. The largest absolute Gasteiger partial charge is 3.00 e. The van der Waals surface area contributed by atoms with Crippen LogP contribution >= 0.6 is 0 Å². The van der Waals surface area contributed by atoms with Crippen LogP contribution in [-0.2, 0) is 26.2 Å². The Morgan fingerprint density at radius 3 is 2.29 bits per heavy atom. The zero-order valence-electron chi connectivity index (χ0n) is 17.6. The number of rotatable bonds is 3. The van der Waals surface area contributed by atoms with Crippen molar-refractivity contribution in [1.29, 1.82) is 0 Å². The Morgan fingerprint density at radius 1 is 0.839 bits per heavy atom. The molecule has 0 heterocycles. The van der Waals surface area contributed by atoms with Gasteiger partial charge in [-0.3, -0.25) is 0 Å². The number of hydrogen-bond donors (Lipinski definition) is 0. The van der Waals surface area contributed by atoms with Crippen LogP contribution in [0.1, 0.15) is 36.5 Å². The minimum Gasteiger partial charge on any atom is -1.00 e. The Bertz CT molecular complexity index is 1270. The monoisotopic (exact) mass is 519 g/mol. The molecule has 4 aromatic rings. The third-order valence-electron chi connectivity index (χ3n) is 5.64. The van der Waals surface area contributed by atoms with Crippen molar-refractivity contribution in [2.24, 2.45) is 0 Å². The van der Waals surface area contributed by atoms with Crippen LogP contribution in [0, 0.1) is 0 Å². The third-order valence-corrected chi connectivity index (χ3v) is 5.64. The molecule has 31 heavy (non-hydrogen) atoms. The number of fused-ring (bicyclic) bond motifs is 3. The Hall–Kier alpha value is -1.79. The van der Waals surface area contributed by atoms with Crippen LogP contribution < -0.4 is 24.8 Å². The summed E-state index contributed by atoms with van der Waals surface area (Å²) >= 11 is 0. The van der Waals surface area contributed by atoms with Gasteiger partial charge in [-0.2, -0.15) is 0 Å². The second-order valence-electron chi connectivity index (χ2n) is 7.87. The van der Waals surface area contributed by atoms with Gasteiger partial charge in [0, 0.05) is 5.92 Å². The SMILES string of the molecule is CC(C)=Cc1ccc(C2=CC=CC2c2cccc3c2[cH-]c2ccccc23)cc1.[Cl-].[Cl-].[Zr+3]. The van der Waals surface area contributed by atoms with Gasteiger partial charge in [-0.15, -0.1) is 33.7 Å². The molecule has 0 bridgehead atoms. The molecule has 0 fully saturated rings. The van der Waals surface area contributed by atoms with Crippen LogP contribution in [0.2, 0.25) is 0 Å². The van der Waals surface area contributed by atoms with Crippen LogP contribution in [0.3, 0.4) is 0 Å². The molecular formula is C28H23Cl2Zr. The molecule has 0 saturated heterocycles. The number of hydrogen-bond acceptors (Lipinski definition) is 0. The summed E-state index contributed by atoms with van der Waals surface area (Å²) in [5, 5.41) is 5.39. The fraction of sp³-hybridized carbons (Fsp3) is 0.107. The van der Waals surface area contributed by atoms with Crippen molar-refractivity contribution in [3.63, 3.8) is 0 Å². The molecule has 0 aromatic heterocycles. The molecule has 1 aliphatic rings. The van der Waals surface area contributed by atoms with E-state index in [0.717, 1.165) is 0 Å². The van der Waals surface area contributed by atoms with Crippen LogP contribution in [0.25, 0.3) is 33.2 Å². The quantitative estimate of drug-likeness (QED) is 0.362. The Morgan fingerprint density at radius 2 is 1.55 bits per heavy atom. The molecule has 0 nitrogen and oxygen atoms in total. The maximum atomic E-state index is 2.35. The summed E-state index contributed by atoms with van der Waals surface area (Å²) in [6.45, 7) is 4.27. The van der Waals surface area contributed by atoms with Crippen LogP contribution in [0.5, 0.6) is 0 Å². The molecule has 1 aliphatic carbocycles. The molecule has 5 rings (SSSR count). The first-order chi connectivity index (χ1) is 13.7. The fourth-order valence-electron chi connectivity index (χ4n) is 4.40. The molecule has 1 unspecified atom stereocenters. The smallest absolute Gasteiger partial charge is 1.00 e. The summed E-state index contributed by atoms with van der Waals surface area (Å²) in [7, 11) is 0. The van der Waals surface area contributed by atoms with Crippen molar-refractivity contribution in [1.82, 2.24) is 0 Å². The predicted octanol–water partition coefficient (Wildman–Crippen LogP) is 1.88. The molecule has 0 aliphatic heterocycles. The van der Waals surface area contributed by atoms with E-state index in [1.54, 1.807) is 0 Å². The van der Waals surface area contributed by atoms with E-state index in [1.165, 1.54) is 49.4 Å². The Labute approximate surface area is 216 Å². The van der Waals surface area contributed by atoms with Crippen molar-refractivity contribution in [2.45, 2.75) is 19.8 Å². The van der Waals surface area contributed by atoms with Crippen molar-refractivity contribution >= 4 is 33.2 Å². The maximum Gasteiger partial charge on any atom is 3.00 e. The molecule has 1 radical (unpaired) electrons.